The van der Waals surface area contributed by atoms with E-state index in [-0.39, 0.29) is 0 Å². The van der Waals surface area contributed by atoms with Crippen LogP contribution in [0.25, 0.3) is 0 Å². The van der Waals surface area contributed by atoms with Crippen LogP contribution in [-0.2, 0) is 10.8 Å². The topological polar surface area (TPSA) is 17.1 Å². The van der Waals surface area contributed by atoms with Gasteiger partial charge in [0, 0.05) is 21.3 Å². The van der Waals surface area contributed by atoms with Crippen molar-refractivity contribution >= 4 is 22.6 Å². The Bertz CT molecular complexity index is 133. The van der Waals surface area contributed by atoms with Gasteiger partial charge >= 0.3 is 0 Å². The Kier molecular flexibility index (Phi) is 2.81. The average Bonchev–Trinajstić information content (AvgIpc) is 1.82. The Hall–Kier alpha value is 0.500. The summed E-state index contributed by atoms with van der Waals surface area (Å²) in [5.41, 5.74) is 0. The zero-order valence-electron chi connectivity index (χ0n) is 6.66. The van der Waals surface area contributed by atoms with Crippen molar-refractivity contribution in [3.63, 3.8) is 0 Å². The molecule has 60 valence electrons. The Balaban J connectivity index is 2.57. The first-order valence-electron chi connectivity index (χ1n) is 3.66. The highest BCUT2D eigenvalue weighted by molar-refractivity contribution is 8.12. The van der Waals surface area contributed by atoms with E-state index in [1.165, 1.54) is 0 Å². The van der Waals surface area contributed by atoms with Crippen molar-refractivity contribution in [1.82, 2.24) is 0 Å². The molecule has 1 fully saturated rings. The summed E-state index contributed by atoms with van der Waals surface area (Å²) in [6.07, 6.45) is 1.11. The normalized spacial score (nSPS) is 49.1. The lowest BCUT2D eigenvalue weighted by molar-refractivity contribution is 0.658. The Morgan fingerprint density at radius 1 is 1.40 bits per heavy atom. The molecular weight excluding hydrogens is 164 g/mol. The van der Waals surface area contributed by atoms with Gasteiger partial charge < -0.3 is 0 Å². The lowest BCUT2D eigenvalue weighted by atomic mass is 10.3. The Morgan fingerprint density at radius 3 is 2.50 bits per heavy atom. The van der Waals surface area contributed by atoms with Crippen LogP contribution in [0, 0.1) is 0 Å². The number of hydrogen-bond donors (Lipinski definition) is 0. The number of rotatable bonds is 0. The van der Waals surface area contributed by atoms with E-state index < -0.39 is 10.8 Å². The smallest absolute Gasteiger partial charge is 0.0778 e. The molecule has 0 bridgehead atoms. The molecule has 4 atom stereocenters. The summed E-state index contributed by atoms with van der Waals surface area (Å²) in [7, 11) is -0.587. The second-order valence-electron chi connectivity index (χ2n) is 2.89. The number of thioether (sulfide) groups is 1. The summed E-state index contributed by atoms with van der Waals surface area (Å²) in [4.78, 5) is 0. The van der Waals surface area contributed by atoms with Crippen LogP contribution in [0.5, 0.6) is 0 Å². The SMILES string of the molecule is C[C@@H]1C[C@H](C)S[C@H](C)S1=O. The van der Waals surface area contributed by atoms with Crippen molar-refractivity contribution in [3.05, 3.63) is 0 Å². The van der Waals surface area contributed by atoms with Gasteiger partial charge in [-0.05, 0) is 13.3 Å². The van der Waals surface area contributed by atoms with Crippen molar-refractivity contribution in [2.75, 3.05) is 0 Å². The third-order valence-corrected chi connectivity index (χ3v) is 5.39. The molecule has 1 saturated heterocycles. The van der Waals surface area contributed by atoms with Gasteiger partial charge in [0.15, 0.2) is 0 Å². The molecular formula is C7H14OS2. The lowest BCUT2D eigenvalue weighted by Gasteiger charge is -2.27. The Morgan fingerprint density at radius 2 is 2.00 bits per heavy atom. The minimum atomic E-state index is -0.587. The molecule has 0 aromatic carbocycles. The summed E-state index contributed by atoms with van der Waals surface area (Å²) >= 11 is 1.85. The molecule has 1 nitrogen and oxygen atoms in total. The van der Waals surface area contributed by atoms with Gasteiger partial charge in [-0.3, -0.25) is 4.21 Å². The second kappa shape index (κ2) is 3.26. The van der Waals surface area contributed by atoms with E-state index in [0.717, 1.165) is 6.42 Å². The fourth-order valence-corrected chi connectivity index (χ4v) is 5.21. The Labute approximate surface area is 69.4 Å². The molecule has 0 radical (unpaired) electrons. The van der Waals surface area contributed by atoms with E-state index in [0.29, 0.717) is 15.1 Å². The third-order valence-electron chi connectivity index (χ3n) is 1.81. The fourth-order valence-electron chi connectivity index (χ4n) is 1.33. The highest BCUT2D eigenvalue weighted by atomic mass is 32.2. The standard InChI is InChI=1S/C7H14OS2/c1-5-4-6(2)10(8)7(3)9-5/h5-7H,4H2,1-3H3/t5-,6+,7-,10?/m0/s1. The fraction of sp³-hybridized carbons (Fsp3) is 1.00. The molecule has 0 aliphatic carbocycles. The molecule has 0 aromatic heterocycles. The summed E-state index contributed by atoms with van der Waals surface area (Å²) in [6, 6.07) is 0. The molecule has 1 unspecified atom stereocenters. The molecule has 0 N–H and O–H groups in total. The molecule has 1 aliphatic heterocycles. The monoisotopic (exact) mass is 178 g/mol. The molecule has 0 amide bonds. The minimum absolute atomic E-state index is 0.346. The van der Waals surface area contributed by atoms with Gasteiger partial charge in [-0.1, -0.05) is 13.8 Å². The second-order valence-corrected chi connectivity index (χ2v) is 7.14. The van der Waals surface area contributed by atoms with Gasteiger partial charge in [0.2, 0.25) is 0 Å². The van der Waals surface area contributed by atoms with Gasteiger partial charge in [-0.2, -0.15) is 0 Å². The van der Waals surface area contributed by atoms with Gasteiger partial charge in [0.1, 0.15) is 0 Å². The maximum atomic E-state index is 11.4. The maximum absolute atomic E-state index is 11.4. The van der Waals surface area contributed by atoms with E-state index in [4.69, 9.17) is 0 Å². The summed E-state index contributed by atoms with van der Waals surface area (Å²) in [5, 5.41) is 1.11. The van der Waals surface area contributed by atoms with Crippen molar-refractivity contribution in [2.24, 2.45) is 0 Å². The maximum Gasteiger partial charge on any atom is 0.0778 e. The largest absolute Gasteiger partial charge is 0.258 e. The van der Waals surface area contributed by atoms with Crippen LogP contribution in [0.15, 0.2) is 0 Å². The quantitative estimate of drug-likeness (QED) is 0.564. The summed E-state index contributed by atoms with van der Waals surface area (Å²) in [5.74, 6) is 0. The lowest BCUT2D eigenvalue weighted by Crippen LogP contribution is -2.29. The zero-order valence-corrected chi connectivity index (χ0v) is 8.30. The van der Waals surface area contributed by atoms with Crippen LogP contribution in [0.4, 0.5) is 0 Å². The van der Waals surface area contributed by atoms with Crippen LogP contribution >= 0.6 is 11.8 Å². The highest BCUT2D eigenvalue weighted by Crippen LogP contribution is 2.32. The first-order valence-corrected chi connectivity index (χ1v) is 5.88. The molecule has 3 heteroatoms. The van der Waals surface area contributed by atoms with Crippen molar-refractivity contribution in [1.29, 1.82) is 0 Å². The van der Waals surface area contributed by atoms with E-state index in [1.54, 1.807) is 0 Å². The van der Waals surface area contributed by atoms with Crippen molar-refractivity contribution in [2.45, 2.75) is 42.3 Å². The van der Waals surface area contributed by atoms with Crippen LogP contribution < -0.4 is 0 Å². The van der Waals surface area contributed by atoms with E-state index in [1.807, 2.05) is 11.8 Å². The van der Waals surface area contributed by atoms with Crippen LogP contribution in [0.2, 0.25) is 0 Å². The highest BCUT2D eigenvalue weighted by Gasteiger charge is 2.27. The molecule has 0 aromatic rings. The predicted molar refractivity (Wildman–Crippen MR) is 48.7 cm³/mol. The van der Waals surface area contributed by atoms with E-state index in [2.05, 4.69) is 20.8 Å². The van der Waals surface area contributed by atoms with Crippen LogP contribution in [0.3, 0.4) is 0 Å². The molecule has 10 heavy (non-hydrogen) atoms. The van der Waals surface area contributed by atoms with Crippen LogP contribution in [-0.4, -0.2) is 19.3 Å². The van der Waals surface area contributed by atoms with Gasteiger partial charge in [0.25, 0.3) is 0 Å². The minimum Gasteiger partial charge on any atom is -0.258 e. The van der Waals surface area contributed by atoms with Crippen molar-refractivity contribution < 1.29 is 4.21 Å². The molecule has 0 spiro atoms. The first-order chi connectivity index (χ1) is 4.61. The van der Waals surface area contributed by atoms with E-state index in [9.17, 15) is 4.21 Å². The molecule has 1 heterocycles. The average molecular weight is 178 g/mol. The third kappa shape index (κ3) is 1.76. The molecule has 1 rings (SSSR count). The van der Waals surface area contributed by atoms with Crippen molar-refractivity contribution in [3.8, 4) is 0 Å². The summed E-state index contributed by atoms with van der Waals surface area (Å²) < 4.78 is 11.7. The van der Waals surface area contributed by atoms with Crippen LogP contribution in [0.1, 0.15) is 27.2 Å². The molecule has 1 aliphatic rings. The van der Waals surface area contributed by atoms with Gasteiger partial charge in [-0.15, -0.1) is 11.8 Å². The van der Waals surface area contributed by atoms with Gasteiger partial charge in [0.05, 0.1) is 4.58 Å². The first kappa shape index (κ1) is 8.60. The summed E-state index contributed by atoms with van der Waals surface area (Å²) in [6.45, 7) is 6.36. The van der Waals surface area contributed by atoms with E-state index >= 15 is 0 Å². The number of hydrogen-bond acceptors (Lipinski definition) is 2. The zero-order chi connectivity index (χ0) is 7.72. The molecule has 0 saturated carbocycles. The van der Waals surface area contributed by atoms with Gasteiger partial charge in [-0.25, -0.2) is 0 Å². The predicted octanol–water partition coefficient (Wildman–Crippen LogP) is 2.00.